The smallest absolute Gasteiger partial charge is 0.271 e. The maximum Gasteiger partial charge on any atom is 0.271 e. The van der Waals surface area contributed by atoms with Crippen molar-refractivity contribution in [1.82, 2.24) is 20.2 Å². The van der Waals surface area contributed by atoms with Crippen molar-refractivity contribution in [3.63, 3.8) is 0 Å². The molecule has 0 spiro atoms. The average molecular weight is 442 g/mol. The Hall–Kier alpha value is -3.11. The van der Waals surface area contributed by atoms with Gasteiger partial charge in [-0.15, -0.1) is 10.2 Å². The Morgan fingerprint density at radius 3 is 2.67 bits per heavy atom. The number of amides is 1. The number of aromatic nitrogens is 4. The lowest BCUT2D eigenvalue weighted by molar-refractivity contribution is 0.102. The van der Waals surface area contributed by atoms with Crippen LogP contribution in [-0.4, -0.2) is 26.1 Å². The molecule has 10 heteroatoms. The number of hydrogen-bond donors (Lipinski definition) is 2. The molecule has 0 aliphatic carbocycles. The number of H-pyrrole nitrogens is 1. The van der Waals surface area contributed by atoms with E-state index in [0.717, 1.165) is 16.6 Å². The van der Waals surface area contributed by atoms with Crippen molar-refractivity contribution in [2.45, 2.75) is 23.9 Å². The van der Waals surface area contributed by atoms with Crippen LogP contribution in [-0.2, 0) is 5.75 Å². The van der Waals surface area contributed by atoms with Gasteiger partial charge < -0.3 is 4.98 Å². The van der Waals surface area contributed by atoms with E-state index in [2.05, 4.69) is 25.5 Å². The molecule has 7 nitrogen and oxygen atoms in total. The Balaban J connectivity index is 1.45. The Bertz CT molecular complexity index is 1300. The molecular formula is C20H16FN5O2S2. The van der Waals surface area contributed by atoms with Crippen LogP contribution in [0.4, 0.5) is 9.52 Å². The van der Waals surface area contributed by atoms with E-state index in [1.807, 2.05) is 26.0 Å². The van der Waals surface area contributed by atoms with Gasteiger partial charge in [-0.1, -0.05) is 23.1 Å². The van der Waals surface area contributed by atoms with Crippen LogP contribution in [0.25, 0.3) is 11.0 Å². The van der Waals surface area contributed by atoms with Crippen molar-refractivity contribution in [2.24, 2.45) is 0 Å². The molecule has 0 bridgehead atoms. The molecule has 30 heavy (non-hydrogen) atoms. The van der Waals surface area contributed by atoms with Crippen LogP contribution in [0.2, 0.25) is 0 Å². The summed E-state index contributed by atoms with van der Waals surface area (Å²) in [6.45, 7) is 3.98. The van der Waals surface area contributed by atoms with Gasteiger partial charge >= 0.3 is 0 Å². The summed E-state index contributed by atoms with van der Waals surface area (Å²) >= 11 is 2.50. The molecule has 2 heterocycles. The lowest BCUT2D eigenvalue weighted by Crippen LogP contribution is -2.14. The van der Waals surface area contributed by atoms with Crippen LogP contribution in [0.5, 0.6) is 0 Å². The number of thioether (sulfide) groups is 1. The summed E-state index contributed by atoms with van der Waals surface area (Å²) in [6, 6.07) is 9.07. The SMILES string of the molecule is Cc1cc2nc(CSc3nnc(NC(=O)c4ccc(F)cc4)s3)c(=O)[nH]c2cc1C. The minimum Gasteiger partial charge on any atom is -0.319 e. The minimum atomic E-state index is -0.413. The van der Waals surface area contributed by atoms with E-state index < -0.39 is 11.7 Å². The van der Waals surface area contributed by atoms with E-state index in [1.165, 1.54) is 47.4 Å². The number of halogens is 1. The zero-order chi connectivity index (χ0) is 21.3. The molecule has 2 aromatic carbocycles. The Kier molecular flexibility index (Phi) is 5.60. The second-order valence-corrected chi connectivity index (χ2v) is 8.79. The van der Waals surface area contributed by atoms with Gasteiger partial charge in [0.05, 0.1) is 11.0 Å². The van der Waals surface area contributed by atoms with Crippen LogP contribution in [0.15, 0.2) is 45.5 Å². The van der Waals surface area contributed by atoms with Crippen molar-refractivity contribution in [3.8, 4) is 0 Å². The molecule has 0 unspecified atom stereocenters. The summed E-state index contributed by atoms with van der Waals surface area (Å²) in [6.07, 6.45) is 0. The van der Waals surface area contributed by atoms with Gasteiger partial charge in [0.2, 0.25) is 5.13 Å². The first-order chi connectivity index (χ1) is 14.4. The van der Waals surface area contributed by atoms with E-state index in [4.69, 9.17) is 0 Å². The van der Waals surface area contributed by atoms with Gasteiger partial charge in [0.15, 0.2) is 4.34 Å². The van der Waals surface area contributed by atoms with Crippen LogP contribution in [0, 0.1) is 19.7 Å². The average Bonchev–Trinajstić information content (AvgIpc) is 3.15. The highest BCUT2D eigenvalue weighted by Gasteiger charge is 2.13. The molecule has 4 aromatic rings. The van der Waals surface area contributed by atoms with Gasteiger partial charge in [-0.2, -0.15) is 0 Å². The fourth-order valence-electron chi connectivity index (χ4n) is 2.70. The molecule has 152 valence electrons. The zero-order valence-electron chi connectivity index (χ0n) is 16.0. The van der Waals surface area contributed by atoms with Gasteiger partial charge in [0, 0.05) is 11.3 Å². The molecule has 2 aromatic heterocycles. The third-order valence-corrected chi connectivity index (χ3v) is 6.43. The highest BCUT2D eigenvalue weighted by atomic mass is 32.2. The number of nitrogens with zero attached hydrogens (tertiary/aromatic N) is 3. The van der Waals surface area contributed by atoms with E-state index in [9.17, 15) is 14.0 Å². The standard InChI is InChI=1S/C20H16FN5O2S2/c1-10-7-14-15(8-11(10)2)23-18(28)16(22-14)9-29-20-26-25-19(30-20)24-17(27)12-3-5-13(21)6-4-12/h3-8H,9H2,1-2H3,(H,23,28)(H,24,25,27). The van der Waals surface area contributed by atoms with E-state index in [-0.39, 0.29) is 5.56 Å². The number of aromatic amines is 1. The second-order valence-electron chi connectivity index (χ2n) is 6.59. The molecule has 4 rings (SSSR count). The number of nitrogens with one attached hydrogen (secondary N) is 2. The fourth-order valence-corrected chi connectivity index (χ4v) is 4.38. The minimum absolute atomic E-state index is 0.243. The molecule has 1 amide bonds. The molecule has 0 radical (unpaired) electrons. The molecule has 0 saturated heterocycles. The van der Waals surface area contributed by atoms with E-state index in [0.29, 0.717) is 32.0 Å². The Labute approximate surface area is 178 Å². The molecule has 0 aliphatic rings. The lowest BCUT2D eigenvalue weighted by Gasteiger charge is -2.05. The van der Waals surface area contributed by atoms with Gasteiger partial charge in [-0.05, 0) is 61.4 Å². The fraction of sp³-hybridized carbons (Fsp3) is 0.150. The Morgan fingerprint density at radius 1 is 1.17 bits per heavy atom. The third-order valence-electron chi connectivity index (χ3n) is 4.44. The van der Waals surface area contributed by atoms with E-state index >= 15 is 0 Å². The topological polar surface area (TPSA) is 101 Å². The molecule has 2 N–H and O–H groups in total. The summed E-state index contributed by atoms with van der Waals surface area (Å²) in [7, 11) is 0. The highest BCUT2D eigenvalue weighted by Crippen LogP contribution is 2.28. The molecule has 0 aliphatic heterocycles. The first kappa shape index (κ1) is 20.2. The largest absolute Gasteiger partial charge is 0.319 e. The lowest BCUT2D eigenvalue weighted by atomic mass is 10.1. The number of anilines is 1. The zero-order valence-corrected chi connectivity index (χ0v) is 17.7. The quantitative estimate of drug-likeness (QED) is 0.358. The van der Waals surface area contributed by atoms with Crippen LogP contribution in [0.3, 0.4) is 0 Å². The summed E-state index contributed by atoms with van der Waals surface area (Å²) in [5, 5.41) is 10.9. The number of carbonyl (C=O) groups excluding carboxylic acids is 1. The second kappa shape index (κ2) is 8.33. The van der Waals surface area contributed by atoms with Gasteiger partial charge in [0.25, 0.3) is 11.5 Å². The normalized spacial score (nSPS) is 11.0. The monoisotopic (exact) mass is 441 g/mol. The van der Waals surface area contributed by atoms with Crippen LogP contribution < -0.4 is 10.9 Å². The maximum atomic E-state index is 13.0. The number of hydrogen-bond acceptors (Lipinski definition) is 7. The number of carbonyl (C=O) groups is 1. The van der Waals surface area contributed by atoms with Crippen LogP contribution >= 0.6 is 23.1 Å². The predicted molar refractivity (Wildman–Crippen MR) is 116 cm³/mol. The first-order valence-electron chi connectivity index (χ1n) is 8.92. The summed E-state index contributed by atoms with van der Waals surface area (Å²) in [5.74, 6) is -0.497. The summed E-state index contributed by atoms with van der Waals surface area (Å²) in [5.41, 5.74) is 4.10. The first-order valence-corrected chi connectivity index (χ1v) is 10.7. The van der Waals surface area contributed by atoms with Crippen LogP contribution in [0.1, 0.15) is 27.2 Å². The molecular weight excluding hydrogens is 425 g/mol. The van der Waals surface area contributed by atoms with Gasteiger partial charge in [-0.3, -0.25) is 14.9 Å². The number of aryl methyl sites for hydroxylation is 2. The molecule has 0 saturated carbocycles. The van der Waals surface area contributed by atoms with Crippen molar-refractivity contribution < 1.29 is 9.18 Å². The number of fused-ring (bicyclic) bond motifs is 1. The molecule has 0 atom stereocenters. The number of benzene rings is 2. The predicted octanol–water partition coefficient (Wildman–Crippen LogP) is 4.08. The van der Waals surface area contributed by atoms with Gasteiger partial charge in [-0.25, -0.2) is 9.37 Å². The maximum absolute atomic E-state index is 13.0. The van der Waals surface area contributed by atoms with Gasteiger partial charge in [0.1, 0.15) is 11.5 Å². The van der Waals surface area contributed by atoms with Crippen molar-refractivity contribution in [1.29, 1.82) is 0 Å². The Morgan fingerprint density at radius 2 is 1.90 bits per heavy atom. The molecule has 0 fully saturated rings. The third kappa shape index (κ3) is 4.39. The highest BCUT2D eigenvalue weighted by molar-refractivity contribution is 8.00. The van der Waals surface area contributed by atoms with Crippen molar-refractivity contribution in [2.75, 3.05) is 5.32 Å². The van der Waals surface area contributed by atoms with E-state index in [1.54, 1.807) is 0 Å². The van der Waals surface area contributed by atoms with Crippen molar-refractivity contribution in [3.05, 3.63) is 75.0 Å². The van der Waals surface area contributed by atoms with Crippen molar-refractivity contribution >= 4 is 45.2 Å². The summed E-state index contributed by atoms with van der Waals surface area (Å²) < 4.78 is 13.6. The summed E-state index contributed by atoms with van der Waals surface area (Å²) in [4.78, 5) is 31.9. The number of rotatable bonds is 5.